The minimum atomic E-state index is -2.49. The highest BCUT2D eigenvalue weighted by Crippen LogP contribution is 2.37. The summed E-state index contributed by atoms with van der Waals surface area (Å²) in [5.74, 6) is 3.21. The van der Waals surface area contributed by atoms with E-state index in [0.29, 0.717) is 6.61 Å². The Morgan fingerprint density at radius 1 is 0.966 bits per heavy atom. The fraction of sp³-hybridized carbons (Fsp3) is 0.385. The fourth-order valence-electron chi connectivity index (χ4n) is 3.87. The van der Waals surface area contributed by atoms with Gasteiger partial charge in [-0.25, -0.2) is 0 Å². The molecule has 0 unspecified atom stereocenters. The van der Waals surface area contributed by atoms with Crippen molar-refractivity contribution in [2.75, 3.05) is 6.61 Å². The maximum atomic E-state index is 7.03. The van der Waals surface area contributed by atoms with Gasteiger partial charge < -0.3 is 4.43 Å². The van der Waals surface area contributed by atoms with Gasteiger partial charge in [0.2, 0.25) is 0 Å². The average molecular weight is 421 g/mol. The molecule has 1 atom stereocenters. The number of rotatable bonds is 7. The zero-order chi connectivity index (χ0) is 21.7. The molecule has 0 saturated heterocycles. The molecule has 0 aromatic heterocycles. The van der Waals surface area contributed by atoms with E-state index < -0.39 is 16.4 Å². The minimum Gasteiger partial charge on any atom is -0.407 e. The van der Waals surface area contributed by atoms with Crippen LogP contribution in [-0.4, -0.2) is 23.0 Å². The predicted molar refractivity (Wildman–Crippen MR) is 133 cm³/mol. The van der Waals surface area contributed by atoms with E-state index in [4.69, 9.17) is 10.8 Å². The normalized spacial score (nSPS) is 14.3. The highest BCUT2D eigenvalue weighted by atomic mass is 28.4. The molecule has 0 saturated carbocycles. The Bertz CT molecular complexity index is 810. The molecule has 1 nitrogen and oxygen atoms in total. The Labute approximate surface area is 180 Å². The molecular weight excluding hydrogens is 384 g/mol. The summed E-state index contributed by atoms with van der Waals surface area (Å²) in [4.78, 5) is 0. The summed E-state index contributed by atoms with van der Waals surface area (Å²) in [5, 5.41) is 3.80. The minimum absolute atomic E-state index is 0.00708. The lowest BCUT2D eigenvalue weighted by molar-refractivity contribution is 0.267. The molecule has 154 valence electrons. The van der Waals surface area contributed by atoms with Crippen LogP contribution in [0.25, 0.3) is 0 Å². The van der Waals surface area contributed by atoms with Gasteiger partial charge in [-0.05, 0) is 26.5 Å². The molecule has 29 heavy (non-hydrogen) atoms. The van der Waals surface area contributed by atoms with Gasteiger partial charge in [0.1, 0.15) is 0 Å². The lowest BCUT2D eigenvalue weighted by Gasteiger charge is -2.43. The van der Waals surface area contributed by atoms with Crippen molar-refractivity contribution in [3.63, 3.8) is 0 Å². The first-order valence-corrected chi connectivity index (χ1v) is 15.9. The van der Waals surface area contributed by atoms with Gasteiger partial charge in [-0.15, -0.1) is 6.42 Å². The van der Waals surface area contributed by atoms with Gasteiger partial charge >= 0.3 is 0 Å². The Morgan fingerprint density at radius 2 is 1.41 bits per heavy atom. The number of hydrogen-bond acceptors (Lipinski definition) is 1. The Kier molecular flexibility index (Phi) is 7.51. The molecule has 0 aliphatic rings. The van der Waals surface area contributed by atoms with Gasteiger partial charge in [-0.3, -0.25) is 0 Å². The van der Waals surface area contributed by atoms with Crippen LogP contribution in [0.2, 0.25) is 24.7 Å². The van der Waals surface area contributed by atoms with Crippen molar-refractivity contribution in [1.82, 2.24) is 0 Å². The number of hydrogen-bond donors (Lipinski definition) is 0. The third-order valence-electron chi connectivity index (χ3n) is 5.39. The number of terminal acetylenes is 1. The predicted octanol–water partition coefficient (Wildman–Crippen LogP) is 5.64. The van der Waals surface area contributed by atoms with E-state index in [1.165, 1.54) is 15.6 Å². The van der Waals surface area contributed by atoms with Crippen LogP contribution in [-0.2, 0) is 4.43 Å². The molecule has 0 aliphatic heterocycles. The second kappa shape index (κ2) is 9.30. The van der Waals surface area contributed by atoms with E-state index in [0.717, 1.165) is 0 Å². The van der Waals surface area contributed by atoms with Gasteiger partial charge in [0.05, 0.1) is 8.07 Å². The van der Waals surface area contributed by atoms with Crippen molar-refractivity contribution in [3.8, 4) is 12.3 Å². The van der Waals surface area contributed by atoms with Crippen LogP contribution >= 0.6 is 0 Å². The van der Waals surface area contributed by atoms with Crippen LogP contribution in [0.3, 0.4) is 0 Å². The molecule has 0 heterocycles. The van der Waals surface area contributed by atoms with E-state index in [1.54, 1.807) is 0 Å². The van der Waals surface area contributed by atoms with Crippen LogP contribution in [0, 0.1) is 18.3 Å². The highest BCUT2D eigenvalue weighted by molar-refractivity contribution is 6.99. The van der Waals surface area contributed by atoms with Gasteiger partial charge in [0, 0.05) is 6.61 Å². The molecule has 0 spiro atoms. The zero-order valence-electron chi connectivity index (χ0n) is 19.1. The van der Waals surface area contributed by atoms with Crippen molar-refractivity contribution >= 4 is 26.8 Å². The van der Waals surface area contributed by atoms with Gasteiger partial charge in [-0.1, -0.05) is 120 Å². The quantitative estimate of drug-likeness (QED) is 0.416. The highest BCUT2D eigenvalue weighted by Gasteiger charge is 2.50. The van der Waals surface area contributed by atoms with Crippen molar-refractivity contribution in [3.05, 3.63) is 71.9 Å². The maximum absolute atomic E-state index is 7.03. The summed E-state index contributed by atoms with van der Waals surface area (Å²) < 4.78 is 7.03. The Hall–Kier alpha value is -1.87. The summed E-state index contributed by atoms with van der Waals surface area (Å²) in [7, 11) is -4.00. The molecule has 0 amide bonds. The third kappa shape index (κ3) is 5.39. The second-order valence-corrected chi connectivity index (χ2v) is 19.3. The summed E-state index contributed by atoms with van der Waals surface area (Å²) in [5.41, 5.74) is 0. The summed E-state index contributed by atoms with van der Waals surface area (Å²) in [6.07, 6.45) is 8.09. The van der Waals surface area contributed by atoms with Gasteiger partial charge in [0.15, 0.2) is 0 Å². The molecule has 2 aromatic carbocycles. The van der Waals surface area contributed by atoms with Crippen LogP contribution in [0.4, 0.5) is 0 Å². The van der Waals surface area contributed by atoms with E-state index in [-0.39, 0.29) is 11.0 Å². The fourth-order valence-corrected chi connectivity index (χ4v) is 9.75. The first kappa shape index (κ1) is 23.4. The SMILES string of the molecule is C#C/C(=C/[C@@H](C)CO[Si](c1ccccc1)(c1ccccc1)C(C)(C)C)[Si](C)(C)C. The molecular formula is C26H36OSi2. The topological polar surface area (TPSA) is 9.23 Å². The van der Waals surface area contributed by atoms with Crippen molar-refractivity contribution in [2.24, 2.45) is 5.92 Å². The molecule has 2 rings (SSSR count). The first-order valence-electron chi connectivity index (χ1n) is 10.5. The van der Waals surface area contributed by atoms with Crippen LogP contribution in [0.1, 0.15) is 27.7 Å². The lowest BCUT2D eigenvalue weighted by Crippen LogP contribution is -2.66. The number of allylic oxidation sites excluding steroid dienone is 1. The van der Waals surface area contributed by atoms with Crippen LogP contribution < -0.4 is 10.4 Å². The van der Waals surface area contributed by atoms with Gasteiger partial charge in [0.25, 0.3) is 8.32 Å². The van der Waals surface area contributed by atoms with Crippen molar-refractivity contribution < 1.29 is 4.43 Å². The summed E-state index contributed by atoms with van der Waals surface area (Å²) in [6, 6.07) is 21.6. The van der Waals surface area contributed by atoms with Crippen molar-refractivity contribution in [1.29, 1.82) is 0 Å². The van der Waals surface area contributed by atoms with E-state index in [2.05, 4.69) is 120 Å². The molecule has 0 aliphatic carbocycles. The van der Waals surface area contributed by atoms with E-state index >= 15 is 0 Å². The van der Waals surface area contributed by atoms with Crippen LogP contribution in [0.15, 0.2) is 71.9 Å². The van der Waals surface area contributed by atoms with Crippen molar-refractivity contribution in [2.45, 2.75) is 52.4 Å². The Morgan fingerprint density at radius 3 is 1.76 bits per heavy atom. The smallest absolute Gasteiger partial charge is 0.261 e. The van der Waals surface area contributed by atoms with Crippen LogP contribution in [0.5, 0.6) is 0 Å². The molecule has 3 heteroatoms. The largest absolute Gasteiger partial charge is 0.407 e. The third-order valence-corrected chi connectivity index (χ3v) is 12.3. The van der Waals surface area contributed by atoms with E-state index in [1.807, 2.05) is 0 Å². The molecule has 0 fully saturated rings. The average Bonchev–Trinajstić information content (AvgIpc) is 2.66. The first-order chi connectivity index (χ1) is 13.5. The number of benzene rings is 2. The summed E-state index contributed by atoms with van der Waals surface area (Å²) in [6.45, 7) is 16.7. The molecule has 0 bridgehead atoms. The summed E-state index contributed by atoms with van der Waals surface area (Å²) >= 11 is 0. The second-order valence-electron chi connectivity index (χ2n) is 9.93. The lowest BCUT2D eigenvalue weighted by atomic mass is 10.2. The monoisotopic (exact) mass is 420 g/mol. The Balaban J connectivity index is 2.50. The molecule has 2 aromatic rings. The molecule has 0 radical (unpaired) electrons. The molecule has 0 N–H and O–H groups in total. The van der Waals surface area contributed by atoms with E-state index in [9.17, 15) is 0 Å². The zero-order valence-corrected chi connectivity index (χ0v) is 21.1. The standard InChI is InChI=1S/C26H36OSi2/c1-9-23(28(6,7)8)20-22(2)21-27-29(26(3,4)5,24-16-12-10-13-17-24)25-18-14-11-15-19-25/h1,10-20,22H,21H2,2-8H3/b23-20-/t22-/m1/s1. The van der Waals surface area contributed by atoms with Gasteiger partial charge in [-0.2, -0.15) is 0 Å². The maximum Gasteiger partial charge on any atom is 0.261 e.